The first-order valence-corrected chi connectivity index (χ1v) is 7.23. The molecule has 1 aliphatic heterocycles. The molecule has 5 nitrogen and oxygen atoms in total. The molecule has 0 aliphatic carbocycles. The minimum atomic E-state index is -0.319. The van der Waals surface area contributed by atoms with Crippen LogP contribution in [0.25, 0.3) is 0 Å². The van der Waals surface area contributed by atoms with Gasteiger partial charge in [0.2, 0.25) is 0 Å². The van der Waals surface area contributed by atoms with Gasteiger partial charge in [-0.1, -0.05) is 15.9 Å². The SMILES string of the molecule is CC1CCC(CN)CN1c1cc(Br)ccc1[N+](=O)[O-]. The second-order valence-corrected chi connectivity index (χ2v) is 5.99. The highest BCUT2D eigenvalue weighted by Crippen LogP contribution is 2.36. The summed E-state index contributed by atoms with van der Waals surface area (Å²) in [7, 11) is 0. The van der Waals surface area contributed by atoms with Gasteiger partial charge >= 0.3 is 0 Å². The number of rotatable bonds is 3. The molecule has 0 radical (unpaired) electrons. The molecule has 2 unspecified atom stereocenters. The number of hydrogen-bond donors (Lipinski definition) is 1. The number of nitrogens with zero attached hydrogens (tertiary/aromatic N) is 2. The lowest BCUT2D eigenvalue weighted by atomic mass is 9.93. The maximum Gasteiger partial charge on any atom is 0.292 e. The van der Waals surface area contributed by atoms with Crippen molar-refractivity contribution in [2.75, 3.05) is 18.0 Å². The van der Waals surface area contributed by atoms with Gasteiger partial charge in [0.15, 0.2) is 0 Å². The number of piperidine rings is 1. The van der Waals surface area contributed by atoms with Crippen LogP contribution in [0.15, 0.2) is 22.7 Å². The average molecular weight is 328 g/mol. The maximum atomic E-state index is 11.2. The fourth-order valence-electron chi connectivity index (χ4n) is 2.59. The molecule has 1 aliphatic rings. The van der Waals surface area contributed by atoms with E-state index in [2.05, 4.69) is 27.8 Å². The summed E-state index contributed by atoms with van der Waals surface area (Å²) in [6.45, 7) is 3.53. The highest BCUT2D eigenvalue weighted by atomic mass is 79.9. The Bertz CT molecular complexity index is 481. The number of hydrogen-bond acceptors (Lipinski definition) is 4. The Morgan fingerprint density at radius 1 is 1.53 bits per heavy atom. The largest absolute Gasteiger partial charge is 0.363 e. The highest BCUT2D eigenvalue weighted by Gasteiger charge is 2.29. The summed E-state index contributed by atoms with van der Waals surface area (Å²) in [5.74, 6) is 0.412. The molecule has 0 saturated carbocycles. The van der Waals surface area contributed by atoms with Gasteiger partial charge in [-0.2, -0.15) is 0 Å². The smallest absolute Gasteiger partial charge is 0.292 e. The third-order valence-corrected chi connectivity index (χ3v) is 4.25. The fraction of sp³-hybridized carbons (Fsp3) is 0.538. The molecule has 0 aromatic heterocycles. The van der Waals surface area contributed by atoms with Crippen molar-refractivity contribution in [3.05, 3.63) is 32.8 Å². The third-order valence-electron chi connectivity index (χ3n) is 3.76. The standard InChI is InChI=1S/C13H18BrN3O2/c1-9-2-3-10(7-15)8-16(9)13-6-11(14)4-5-12(13)17(18)19/h4-6,9-10H,2-3,7-8,15H2,1H3. The summed E-state index contributed by atoms with van der Waals surface area (Å²) in [5.41, 5.74) is 6.59. The number of nitro groups is 1. The van der Waals surface area contributed by atoms with E-state index in [1.165, 1.54) is 0 Å². The first-order chi connectivity index (χ1) is 9.02. The van der Waals surface area contributed by atoms with E-state index in [1.54, 1.807) is 12.1 Å². The number of benzene rings is 1. The van der Waals surface area contributed by atoms with Crippen molar-refractivity contribution in [3.8, 4) is 0 Å². The molecule has 0 bridgehead atoms. The van der Waals surface area contributed by atoms with Crippen LogP contribution in [-0.4, -0.2) is 24.1 Å². The van der Waals surface area contributed by atoms with Crippen LogP contribution in [0, 0.1) is 16.0 Å². The minimum absolute atomic E-state index is 0.160. The monoisotopic (exact) mass is 327 g/mol. The third kappa shape index (κ3) is 3.06. The van der Waals surface area contributed by atoms with Gasteiger partial charge in [0, 0.05) is 23.1 Å². The molecule has 0 amide bonds. The van der Waals surface area contributed by atoms with E-state index >= 15 is 0 Å². The van der Waals surface area contributed by atoms with Crippen LogP contribution in [0.5, 0.6) is 0 Å². The Balaban J connectivity index is 2.38. The number of nitrogens with two attached hydrogens (primary N) is 1. The van der Waals surface area contributed by atoms with Crippen molar-refractivity contribution in [2.45, 2.75) is 25.8 Å². The molecule has 0 spiro atoms. The van der Waals surface area contributed by atoms with E-state index in [9.17, 15) is 10.1 Å². The molecule has 2 N–H and O–H groups in total. The predicted octanol–water partition coefficient (Wildman–Crippen LogP) is 2.92. The van der Waals surface area contributed by atoms with E-state index in [1.807, 2.05) is 6.07 Å². The van der Waals surface area contributed by atoms with Crippen molar-refractivity contribution in [3.63, 3.8) is 0 Å². The van der Waals surface area contributed by atoms with Gasteiger partial charge in [-0.15, -0.1) is 0 Å². The molecule has 19 heavy (non-hydrogen) atoms. The van der Waals surface area contributed by atoms with E-state index in [4.69, 9.17) is 5.73 Å². The Hall–Kier alpha value is -1.14. The summed E-state index contributed by atoms with van der Waals surface area (Å²) >= 11 is 3.39. The second kappa shape index (κ2) is 5.88. The van der Waals surface area contributed by atoms with Crippen molar-refractivity contribution < 1.29 is 4.92 Å². The van der Waals surface area contributed by atoms with Gasteiger partial charge in [0.25, 0.3) is 5.69 Å². The lowest BCUT2D eigenvalue weighted by molar-refractivity contribution is -0.384. The first-order valence-electron chi connectivity index (χ1n) is 6.43. The highest BCUT2D eigenvalue weighted by molar-refractivity contribution is 9.10. The van der Waals surface area contributed by atoms with Gasteiger partial charge in [-0.3, -0.25) is 10.1 Å². The molecule has 1 heterocycles. The topological polar surface area (TPSA) is 72.4 Å². The lowest BCUT2D eigenvalue weighted by Crippen LogP contribution is -2.44. The van der Waals surface area contributed by atoms with Crippen molar-refractivity contribution in [1.82, 2.24) is 0 Å². The molecule has 104 valence electrons. The normalized spacial score (nSPS) is 23.4. The van der Waals surface area contributed by atoms with Crippen molar-refractivity contribution in [1.29, 1.82) is 0 Å². The molecular weight excluding hydrogens is 310 g/mol. The van der Waals surface area contributed by atoms with E-state index in [-0.39, 0.29) is 10.6 Å². The lowest BCUT2D eigenvalue weighted by Gasteiger charge is -2.39. The molecule has 6 heteroatoms. The Morgan fingerprint density at radius 2 is 2.26 bits per heavy atom. The van der Waals surface area contributed by atoms with Gasteiger partial charge in [0.05, 0.1) is 4.92 Å². The molecule has 1 saturated heterocycles. The van der Waals surface area contributed by atoms with Gasteiger partial charge < -0.3 is 10.6 Å². The van der Waals surface area contributed by atoms with Crippen LogP contribution >= 0.6 is 15.9 Å². The summed E-state index contributed by atoms with van der Waals surface area (Å²) in [6, 6.07) is 5.39. The quantitative estimate of drug-likeness (QED) is 0.684. The average Bonchev–Trinajstić information content (AvgIpc) is 2.38. The Kier molecular flexibility index (Phi) is 4.42. The molecular formula is C13H18BrN3O2. The number of nitro benzene ring substituents is 1. The van der Waals surface area contributed by atoms with Gasteiger partial charge in [-0.05, 0) is 44.4 Å². The fourth-order valence-corrected chi connectivity index (χ4v) is 2.94. The van der Waals surface area contributed by atoms with Crippen LogP contribution in [0.3, 0.4) is 0 Å². The van der Waals surface area contributed by atoms with E-state index < -0.39 is 0 Å². The summed E-state index contributed by atoms with van der Waals surface area (Å²) in [5, 5.41) is 11.2. The first kappa shape index (κ1) is 14.3. The van der Waals surface area contributed by atoms with Crippen LogP contribution in [-0.2, 0) is 0 Å². The number of anilines is 1. The van der Waals surface area contributed by atoms with Crippen molar-refractivity contribution >= 4 is 27.3 Å². The van der Waals surface area contributed by atoms with Crippen LogP contribution in [0.2, 0.25) is 0 Å². The van der Waals surface area contributed by atoms with Crippen LogP contribution < -0.4 is 10.6 Å². The zero-order valence-corrected chi connectivity index (χ0v) is 12.5. The summed E-state index contributed by atoms with van der Waals surface area (Å²) in [4.78, 5) is 13.0. The minimum Gasteiger partial charge on any atom is -0.363 e. The molecule has 1 fully saturated rings. The molecule has 1 aromatic rings. The zero-order valence-electron chi connectivity index (χ0n) is 10.9. The van der Waals surface area contributed by atoms with Crippen LogP contribution in [0.4, 0.5) is 11.4 Å². The predicted molar refractivity (Wildman–Crippen MR) is 79.4 cm³/mol. The van der Waals surface area contributed by atoms with Crippen LogP contribution in [0.1, 0.15) is 19.8 Å². The van der Waals surface area contributed by atoms with Crippen molar-refractivity contribution in [2.24, 2.45) is 11.7 Å². The van der Waals surface area contributed by atoms with E-state index in [0.717, 1.165) is 23.9 Å². The Labute approximate surface area is 121 Å². The Morgan fingerprint density at radius 3 is 2.89 bits per heavy atom. The molecule has 2 atom stereocenters. The molecule has 1 aromatic carbocycles. The maximum absolute atomic E-state index is 11.2. The summed E-state index contributed by atoms with van der Waals surface area (Å²) < 4.78 is 0.857. The van der Waals surface area contributed by atoms with Gasteiger partial charge in [0.1, 0.15) is 5.69 Å². The molecule has 2 rings (SSSR count). The van der Waals surface area contributed by atoms with E-state index in [0.29, 0.717) is 24.2 Å². The van der Waals surface area contributed by atoms with Gasteiger partial charge in [-0.25, -0.2) is 0 Å². The second-order valence-electron chi connectivity index (χ2n) is 5.07. The summed E-state index contributed by atoms with van der Waals surface area (Å²) in [6.07, 6.45) is 2.11. The number of halogens is 1. The zero-order chi connectivity index (χ0) is 14.0.